The van der Waals surface area contributed by atoms with E-state index in [4.69, 9.17) is 0 Å². The lowest BCUT2D eigenvalue weighted by Gasteiger charge is -2.04. The molecule has 0 radical (unpaired) electrons. The summed E-state index contributed by atoms with van der Waals surface area (Å²) in [6.07, 6.45) is 8.94. The molecule has 0 saturated carbocycles. The quantitative estimate of drug-likeness (QED) is 0.577. The normalized spacial score (nSPS) is 10.2. The Hall–Kier alpha value is -3.65. The van der Waals surface area contributed by atoms with Crippen molar-refractivity contribution in [2.75, 3.05) is 5.32 Å². The monoisotopic (exact) mass is 311 g/mol. The van der Waals surface area contributed by atoms with E-state index in [1.807, 2.05) is 53.1 Å². The molecule has 0 spiro atoms. The van der Waals surface area contributed by atoms with Crippen molar-refractivity contribution in [3.8, 4) is 11.8 Å². The van der Waals surface area contributed by atoms with E-state index in [9.17, 15) is 0 Å². The topological polar surface area (TPSA) is 55.1 Å². The molecule has 0 saturated heterocycles. The average molecular weight is 311 g/mol. The molecule has 5 nitrogen and oxygen atoms in total. The Labute approximate surface area is 139 Å². The summed E-state index contributed by atoms with van der Waals surface area (Å²) in [5.41, 5.74) is 3.50. The average Bonchev–Trinajstić information content (AvgIpc) is 3.04. The van der Waals surface area contributed by atoms with Gasteiger partial charge in [0, 0.05) is 24.2 Å². The predicted octanol–water partition coefficient (Wildman–Crippen LogP) is 3.27. The van der Waals surface area contributed by atoms with Gasteiger partial charge < -0.3 is 5.32 Å². The van der Waals surface area contributed by atoms with Crippen LogP contribution in [0, 0.1) is 11.8 Å². The highest BCUT2D eigenvalue weighted by molar-refractivity contribution is 5.57. The summed E-state index contributed by atoms with van der Waals surface area (Å²) in [7, 11) is 0. The fraction of sp³-hybridized carbons (Fsp3) is 0. The first-order chi connectivity index (χ1) is 11.9. The van der Waals surface area contributed by atoms with Crippen LogP contribution in [-0.4, -0.2) is 19.4 Å². The predicted molar refractivity (Wildman–Crippen MR) is 92.9 cm³/mol. The van der Waals surface area contributed by atoms with E-state index in [1.54, 1.807) is 24.8 Å². The van der Waals surface area contributed by atoms with Gasteiger partial charge in [-0.1, -0.05) is 12.0 Å². The minimum atomic E-state index is 0.730. The number of nitrogens with one attached hydrogen (secondary N) is 1. The van der Waals surface area contributed by atoms with Crippen molar-refractivity contribution in [1.29, 1.82) is 0 Å². The number of pyridine rings is 3. The lowest BCUT2D eigenvalue weighted by molar-refractivity contribution is 1.16. The lowest BCUT2D eigenvalue weighted by Crippen LogP contribution is -1.94. The van der Waals surface area contributed by atoms with Gasteiger partial charge in [-0.15, -0.1) is 0 Å². The summed E-state index contributed by atoms with van der Waals surface area (Å²) >= 11 is 0. The molecule has 24 heavy (non-hydrogen) atoms. The first-order valence-corrected chi connectivity index (χ1v) is 7.46. The van der Waals surface area contributed by atoms with E-state index in [2.05, 4.69) is 32.1 Å². The minimum Gasteiger partial charge on any atom is -0.339 e. The Morgan fingerprint density at radius 3 is 2.83 bits per heavy atom. The highest BCUT2D eigenvalue weighted by Gasteiger charge is 1.99. The molecule has 5 heteroatoms. The van der Waals surface area contributed by atoms with Crippen LogP contribution in [0.2, 0.25) is 0 Å². The second-order valence-corrected chi connectivity index (χ2v) is 5.12. The Balaban J connectivity index is 1.61. The Bertz CT molecular complexity index is 1040. The zero-order valence-corrected chi connectivity index (χ0v) is 12.7. The number of rotatable bonds is 2. The summed E-state index contributed by atoms with van der Waals surface area (Å²) in [4.78, 5) is 12.7. The third-order valence-corrected chi connectivity index (χ3v) is 3.45. The second-order valence-electron chi connectivity index (χ2n) is 5.12. The molecule has 4 heterocycles. The third kappa shape index (κ3) is 2.94. The Morgan fingerprint density at radius 2 is 1.92 bits per heavy atom. The van der Waals surface area contributed by atoms with Gasteiger partial charge in [0.2, 0.25) is 0 Å². The van der Waals surface area contributed by atoms with Crippen molar-refractivity contribution >= 4 is 17.2 Å². The zero-order chi connectivity index (χ0) is 16.2. The molecular weight excluding hydrogens is 298 g/mol. The number of imidazole rings is 1. The lowest BCUT2D eigenvalue weighted by atomic mass is 10.2. The fourth-order valence-corrected chi connectivity index (χ4v) is 2.32. The first-order valence-electron chi connectivity index (χ1n) is 7.46. The van der Waals surface area contributed by atoms with Gasteiger partial charge in [-0.05, 0) is 42.3 Å². The Kier molecular flexibility index (Phi) is 3.63. The molecular formula is C19H13N5. The van der Waals surface area contributed by atoms with Crippen molar-refractivity contribution < 1.29 is 0 Å². The molecule has 0 unspecified atom stereocenters. The van der Waals surface area contributed by atoms with Crippen LogP contribution in [0.15, 0.2) is 73.4 Å². The number of nitrogens with zero attached hydrogens (tertiary/aromatic N) is 4. The maximum absolute atomic E-state index is 4.33. The molecule has 4 aromatic heterocycles. The van der Waals surface area contributed by atoms with E-state index in [1.165, 1.54) is 0 Å². The third-order valence-electron chi connectivity index (χ3n) is 3.45. The standard InChI is InChI=1S/C19H13N5/c1-2-11-24-17(14-22-19(24)5-1)7-6-15-8-10-21-18(12-15)23-16-4-3-9-20-13-16/h1-5,8-14H,(H,21,23). The fourth-order valence-electron chi connectivity index (χ4n) is 2.32. The van der Waals surface area contributed by atoms with E-state index in [-0.39, 0.29) is 0 Å². The van der Waals surface area contributed by atoms with Crippen LogP contribution in [0.4, 0.5) is 11.5 Å². The van der Waals surface area contributed by atoms with E-state index in [0.29, 0.717) is 0 Å². The van der Waals surface area contributed by atoms with Crippen molar-refractivity contribution in [3.05, 3.63) is 84.7 Å². The molecule has 0 aliphatic heterocycles. The maximum atomic E-state index is 4.33. The van der Waals surface area contributed by atoms with Crippen LogP contribution in [-0.2, 0) is 0 Å². The molecule has 0 fully saturated rings. The van der Waals surface area contributed by atoms with Crippen LogP contribution in [0.3, 0.4) is 0 Å². The van der Waals surface area contributed by atoms with Gasteiger partial charge in [0.15, 0.2) is 0 Å². The van der Waals surface area contributed by atoms with Gasteiger partial charge in [0.25, 0.3) is 0 Å². The van der Waals surface area contributed by atoms with Gasteiger partial charge >= 0.3 is 0 Å². The largest absolute Gasteiger partial charge is 0.339 e. The molecule has 4 rings (SSSR count). The van der Waals surface area contributed by atoms with E-state index >= 15 is 0 Å². The smallest absolute Gasteiger partial charge is 0.137 e. The zero-order valence-electron chi connectivity index (χ0n) is 12.7. The highest BCUT2D eigenvalue weighted by atomic mass is 15.0. The Morgan fingerprint density at radius 1 is 0.917 bits per heavy atom. The van der Waals surface area contributed by atoms with Crippen LogP contribution >= 0.6 is 0 Å². The van der Waals surface area contributed by atoms with Gasteiger partial charge in [0.1, 0.15) is 17.2 Å². The first kappa shape index (κ1) is 14.0. The maximum Gasteiger partial charge on any atom is 0.137 e. The molecule has 0 atom stereocenters. The second kappa shape index (κ2) is 6.23. The van der Waals surface area contributed by atoms with Crippen molar-refractivity contribution in [3.63, 3.8) is 0 Å². The van der Waals surface area contributed by atoms with Crippen molar-refractivity contribution in [2.24, 2.45) is 0 Å². The number of anilines is 2. The summed E-state index contributed by atoms with van der Waals surface area (Å²) in [5, 5.41) is 3.21. The number of aromatic nitrogens is 4. The van der Waals surface area contributed by atoms with Crippen LogP contribution < -0.4 is 5.32 Å². The SMILES string of the molecule is C(#Cc1cnc2ccccn12)c1ccnc(Nc2cccnc2)c1. The van der Waals surface area contributed by atoms with Gasteiger partial charge in [0.05, 0.1) is 18.1 Å². The van der Waals surface area contributed by atoms with Gasteiger partial charge in [-0.3, -0.25) is 9.38 Å². The molecule has 0 aliphatic carbocycles. The van der Waals surface area contributed by atoms with Crippen LogP contribution in [0.25, 0.3) is 5.65 Å². The number of hydrogen-bond acceptors (Lipinski definition) is 4. The molecule has 1 N–H and O–H groups in total. The van der Waals surface area contributed by atoms with Crippen LogP contribution in [0.5, 0.6) is 0 Å². The van der Waals surface area contributed by atoms with Crippen LogP contribution in [0.1, 0.15) is 11.3 Å². The molecule has 0 aliphatic rings. The van der Waals surface area contributed by atoms with Gasteiger partial charge in [-0.25, -0.2) is 9.97 Å². The molecule has 0 amide bonds. The summed E-state index contributed by atoms with van der Waals surface area (Å²) in [6.45, 7) is 0. The van der Waals surface area contributed by atoms with Crippen molar-refractivity contribution in [1.82, 2.24) is 19.4 Å². The minimum absolute atomic E-state index is 0.730. The highest BCUT2D eigenvalue weighted by Crippen LogP contribution is 2.13. The molecule has 0 bridgehead atoms. The van der Waals surface area contributed by atoms with Crippen molar-refractivity contribution in [2.45, 2.75) is 0 Å². The molecule has 114 valence electrons. The van der Waals surface area contributed by atoms with Gasteiger partial charge in [-0.2, -0.15) is 0 Å². The van der Waals surface area contributed by atoms with E-state index < -0.39 is 0 Å². The summed E-state index contributed by atoms with van der Waals surface area (Å²) in [6, 6.07) is 13.5. The summed E-state index contributed by atoms with van der Waals surface area (Å²) < 4.78 is 1.96. The molecule has 4 aromatic rings. The van der Waals surface area contributed by atoms with E-state index in [0.717, 1.165) is 28.4 Å². The number of hydrogen-bond donors (Lipinski definition) is 1. The summed E-state index contributed by atoms with van der Waals surface area (Å²) in [5.74, 6) is 7.05. The molecule has 0 aromatic carbocycles. The number of fused-ring (bicyclic) bond motifs is 1.